The van der Waals surface area contributed by atoms with E-state index in [1.165, 1.54) is 9.80 Å². The molecular formula is C72H64N8O4. The van der Waals surface area contributed by atoms with Crippen LogP contribution in [0.15, 0.2) is 183 Å². The number of rotatable bonds is 22. The summed E-state index contributed by atoms with van der Waals surface area (Å²) in [6.45, 7) is 4.79. The average molecular weight is 1110 g/mol. The molecule has 4 amide bonds. The third-order valence-corrected chi connectivity index (χ3v) is 16.1. The van der Waals surface area contributed by atoms with Gasteiger partial charge in [-0.25, -0.2) is 9.97 Å². The largest absolute Gasteiger partial charge is 0.274 e. The highest BCUT2D eigenvalue weighted by atomic mass is 16.2. The minimum absolute atomic E-state index is 0.214. The lowest BCUT2D eigenvalue weighted by molar-refractivity contribution is 0.0587. The summed E-state index contributed by atoms with van der Waals surface area (Å²) in [5, 5.41) is 0.650. The third kappa shape index (κ3) is 11.1. The van der Waals surface area contributed by atoms with E-state index in [9.17, 15) is 0 Å². The zero-order valence-corrected chi connectivity index (χ0v) is 47.4. The van der Waals surface area contributed by atoms with Gasteiger partial charge in [0.15, 0.2) is 0 Å². The molecule has 0 aliphatic carbocycles. The second-order valence-electron chi connectivity index (χ2n) is 21.8. The van der Waals surface area contributed by atoms with E-state index < -0.39 is 23.6 Å². The minimum atomic E-state index is -0.453. The Morgan fingerprint density at radius 2 is 0.631 bits per heavy atom. The molecule has 8 heterocycles. The van der Waals surface area contributed by atoms with Crippen LogP contribution in [0.1, 0.15) is 132 Å². The highest BCUT2D eigenvalue weighted by molar-refractivity contribution is 6.36. The predicted octanol–water partition coefficient (Wildman–Crippen LogP) is 16.5. The first-order chi connectivity index (χ1) is 41.3. The van der Waals surface area contributed by atoms with Gasteiger partial charge in [-0.1, -0.05) is 139 Å². The first-order valence-corrected chi connectivity index (χ1v) is 29.6. The standard InChI is InChI=1S/C72H64N8O4/c1-3-5-7-9-11-21-37-79-69(81)55-45-54(50-28-24-26-48(40-50)52-43-63(59-31-15-19-35-75-59)78-64(44-52)60-32-16-20-36-76-60)68-66-56(70(82)80(72(68)84)38-22-12-10-8-6-4-2)46-53(67(65(55)66)71(79)83)49-27-23-25-47(39-49)51-41-61(57-29-13-17-33-73-57)77-62(42-51)58-30-14-18-34-74-58/h13-20,23-36,39-46H,3-12,21-22,37-38H2,1-2H3. The quantitative estimate of drug-likeness (QED) is 0.0473. The number of benzene rings is 4. The normalized spacial score (nSPS) is 12.9. The Morgan fingerprint density at radius 3 is 0.964 bits per heavy atom. The summed E-state index contributed by atoms with van der Waals surface area (Å²) in [7, 11) is 0. The van der Waals surface area contributed by atoms with Crippen molar-refractivity contribution in [3.63, 3.8) is 0 Å². The van der Waals surface area contributed by atoms with E-state index in [4.69, 9.17) is 9.97 Å². The number of unbranched alkanes of at least 4 members (excludes halogenated alkanes) is 10. The molecule has 2 aliphatic rings. The summed E-state index contributed by atoms with van der Waals surface area (Å²) in [5.74, 6) is -1.81. The topological polar surface area (TPSA) is 152 Å². The van der Waals surface area contributed by atoms with Crippen LogP contribution in [0.5, 0.6) is 0 Å². The van der Waals surface area contributed by atoms with Gasteiger partial charge < -0.3 is 0 Å². The molecule has 12 nitrogen and oxygen atoms in total. The predicted molar refractivity (Wildman–Crippen MR) is 332 cm³/mol. The monoisotopic (exact) mass is 1100 g/mol. The van der Waals surface area contributed by atoms with Crippen LogP contribution in [0, 0.1) is 0 Å². The van der Waals surface area contributed by atoms with Gasteiger partial charge in [-0.2, -0.15) is 0 Å². The molecule has 0 fully saturated rings. The van der Waals surface area contributed by atoms with Crippen LogP contribution in [0.25, 0.3) is 101 Å². The van der Waals surface area contributed by atoms with Gasteiger partial charge in [0.05, 0.1) is 56.7 Å². The summed E-state index contributed by atoms with van der Waals surface area (Å²) < 4.78 is 0. The minimum Gasteiger partial charge on any atom is -0.274 e. The van der Waals surface area contributed by atoms with E-state index in [2.05, 4.69) is 33.8 Å². The van der Waals surface area contributed by atoms with E-state index >= 15 is 19.2 Å². The Bertz CT molecular complexity index is 3720. The molecule has 0 unspecified atom stereocenters. The molecule has 0 saturated heterocycles. The molecule has 0 atom stereocenters. The second-order valence-corrected chi connectivity index (χ2v) is 21.8. The number of hydrogen-bond donors (Lipinski definition) is 0. The molecule has 2 aliphatic heterocycles. The fourth-order valence-corrected chi connectivity index (χ4v) is 11.8. The van der Waals surface area contributed by atoms with Gasteiger partial charge >= 0.3 is 0 Å². The summed E-state index contributed by atoms with van der Waals surface area (Å²) >= 11 is 0. The Kier molecular flexibility index (Phi) is 16.2. The first-order valence-electron chi connectivity index (χ1n) is 29.6. The van der Waals surface area contributed by atoms with Crippen LogP contribution in [0.4, 0.5) is 0 Å². The number of hydrogen-bond acceptors (Lipinski definition) is 10. The van der Waals surface area contributed by atoms with Crippen LogP contribution in [0.2, 0.25) is 0 Å². The van der Waals surface area contributed by atoms with Gasteiger partial charge in [0, 0.05) is 59.8 Å². The summed E-state index contributed by atoms with van der Waals surface area (Å²) in [6.07, 6.45) is 18.5. The molecule has 4 aromatic carbocycles. The number of amides is 4. The van der Waals surface area contributed by atoms with Crippen molar-refractivity contribution < 1.29 is 19.2 Å². The van der Waals surface area contributed by atoms with Crippen molar-refractivity contribution in [2.75, 3.05) is 13.1 Å². The fraction of sp³-hybridized carbons (Fsp3) is 0.222. The van der Waals surface area contributed by atoms with Gasteiger partial charge in [0.1, 0.15) is 0 Å². The number of aromatic nitrogens is 6. The van der Waals surface area contributed by atoms with Gasteiger partial charge in [-0.05, 0) is 154 Å². The molecule has 84 heavy (non-hydrogen) atoms. The van der Waals surface area contributed by atoms with Crippen molar-refractivity contribution in [1.29, 1.82) is 0 Å². The maximum atomic E-state index is 15.6. The molecule has 0 N–H and O–H groups in total. The van der Waals surface area contributed by atoms with Gasteiger partial charge in [0.25, 0.3) is 23.6 Å². The highest BCUT2D eigenvalue weighted by Crippen LogP contribution is 2.47. The third-order valence-electron chi connectivity index (χ3n) is 16.1. The first kappa shape index (κ1) is 54.9. The zero-order chi connectivity index (χ0) is 57.5. The summed E-state index contributed by atoms with van der Waals surface area (Å²) in [6, 6.07) is 50.3. The van der Waals surface area contributed by atoms with Crippen molar-refractivity contribution in [2.24, 2.45) is 0 Å². The number of imide groups is 2. The van der Waals surface area contributed by atoms with Crippen LogP contribution in [-0.2, 0) is 0 Å². The van der Waals surface area contributed by atoms with Crippen molar-refractivity contribution in [1.82, 2.24) is 39.7 Å². The van der Waals surface area contributed by atoms with Crippen LogP contribution < -0.4 is 0 Å². The maximum absolute atomic E-state index is 15.6. The molecule has 6 aromatic heterocycles. The number of pyridine rings is 6. The Hall–Kier alpha value is -9.68. The molecular weight excluding hydrogens is 1040 g/mol. The van der Waals surface area contributed by atoms with E-state index in [1.54, 1.807) is 24.8 Å². The van der Waals surface area contributed by atoms with E-state index in [0.717, 1.165) is 86.5 Å². The molecule has 0 bridgehead atoms. The van der Waals surface area contributed by atoms with Gasteiger partial charge in [0.2, 0.25) is 0 Å². The Balaban J connectivity index is 1.06. The maximum Gasteiger partial charge on any atom is 0.262 e. The second kappa shape index (κ2) is 24.8. The van der Waals surface area contributed by atoms with E-state index in [1.807, 2.05) is 158 Å². The number of nitrogens with zero attached hydrogens (tertiary/aromatic N) is 8. The Labute approximate surface area is 489 Å². The number of carbonyl (C=O) groups excluding carboxylic acids is 4. The lowest BCUT2D eigenvalue weighted by Crippen LogP contribution is -2.44. The van der Waals surface area contributed by atoms with Crippen LogP contribution in [0.3, 0.4) is 0 Å². The van der Waals surface area contributed by atoms with Gasteiger partial charge in [-0.15, -0.1) is 0 Å². The van der Waals surface area contributed by atoms with E-state index in [0.29, 0.717) is 91.4 Å². The SMILES string of the molecule is CCCCCCCCN1C(=O)c2cc(-c3cccc(-c4cc(-c5ccccn5)nc(-c5ccccn5)c4)c3)c3c4c(cc(-c5cccc(-c6cc(-c7ccccn7)nc(-c7ccccn7)c6)c5)c(c24)C1=O)C(=O)N(CCCCCCCC)C3=O. The summed E-state index contributed by atoms with van der Waals surface area (Å²) in [4.78, 5) is 93.7. The zero-order valence-electron chi connectivity index (χ0n) is 47.4. The molecule has 0 radical (unpaired) electrons. The lowest BCUT2D eigenvalue weighted by atomic mass is 9.78. The van der Waals surface area contributed by atoms with Crippen molar-refractivity contribution in [3.8, 4) is 90.1 Å². The molecule has 416 valence electrons. The van der Waals surface area contributed by atoms with E-state index in [-0.39, 0.29) is 35.3 Å². The van der Waals surface area contributed by atoms with Crippen molar-refractivity contribution in [3.05, 3.63) is 205 Å². The highest BCUT2D eigenvalue weighted by Gasteiger charge is 2.43. The number of carbonyl (C=O) groups is 4. The molecule has 12 heteroatoms. The lowest BCUT2D eigenvalue weighted by Gasteiger charge is -2.34. The Morgan fingerprint density at radius 1 is 0.298 bits per heavy atom. The smallest absolute Gasteiger partial charge is 0.262 e. The van der Waals surface area contributed by atoms with Crippen molar-refractivity contribution >= 4 is 34.4 Å². The average Bonchev–Trinajstić information content (AvgIpc) is 2.42. The molecule has 0 saturated carbocycles. The molecule has 10 aromatic rings. The van der Waals surface area contributed by atoms with Gasteiger partial charge in [-0.3, -0.25) is 48.9 Å². The van der Waals surface area contributed by atoms with Crippen LogP contribution in [-0.4, -0.2) is 76.4 Å². The molecule has 0 spiro atoms. The van der Waals surface area contributed by atoms with Crippen LogP contribution >= 0.6 is 0 Å². The molecule has 12 rings (SSSR count). The summed E-state index contributed by atoms with van der Waals surface area (Å²) in [5.41, 5.74) is 12.2. The fourth-order valence-electron chi connectivity index (χ4n) is 11.8. The van der Waals surface area contributed by atoms with Crippen molar-refractivity contribution in [2.45, 2.75) is 90.9 Å².